The maximum atomic E-state index is 11.4. The molecule has 5 N–H and O–H groups in total. The molecule has 7 nitrogen and oxygen atoms in total. The number of phenolic OH excluding ortho intramolecular Hbond substituents is 2. The zero-order chi connectivity index (χ0) is 13.1. The van der Waals surface area contributed by atoms with Crippen LogP contribution >= 0.6 is 0 Å². The van der Waals surface area contributed by atoms with E-state index in [1.54, 1.807) is 0 Å². The van der Waals surface area contributed by atoms with Gasteiger partial charge >= 0.3 is 0 Å². The summed E-state index contributed by atoms with van der Waals surface area (Å²) in [4.78, 5) is 21.4. The van der Waals surface area contributed by atoms with Crippen molar-refractivity contribution in [2.75, 3.05) is 5.73 Å². The average molecular weight is 246 g/mol. The molecule has 0 atom stereocenters. The fraction of sp³-hybridized carbons (Fsp3) is 0. The van der Waals surface area contributed by atoms with Gasteiger partial charge in [-0.25, -0.2) is 9.98 Å². The minimum Gasteiger partial charge on any atom is -0.504 e. The highest BCUT2D eigenvalue weighted by atomic mass is 16.3. The second-order valence-corrected chi connectivity index (χ2v) is 3.47. The number of aliphatic imine (C=N–C) groups is 1. The van der Waals surface area contributed by atoms with Crippen molar-refractivity contribution in [2.45, 2.75) is 0 Å². The fourth-order valence-electron chi connectivity index (χ4n) is 1.29. The first-order valence-corrected chi connectivity index (χ1v) is 4.97. The first-order valence-electron chi connectivity index (χ1n) is 4.97. The van der Waals surface area contributed by atoms with E-state index in [4.69, 9.17) is 10.8 Å². The molecular formula is C11H10N4O3. The summed E-state index contributed by atoms with van der Waals surface area (Å²) >= 11 is 0. The fourth-order valence-corrected chi connectivity index (χ4v) is 1.29. The number of aromatic amines is 1. The van der Waals surface area contributed by atoms with Crippen molar-refractivity contribution in [3.63, 3.8) is 0 Å². The smallest absolute Gasteiger partial charge is 0.278 e. The number of nitrogens with two attached hydrogens (primary N) is 1. The molecule has 0 saturated carbocycles. The quantitative estimate of drug-likeness (QED) is 0.454. The summed E-state index contributed by atoms with van der Waals surface area (Å²) in [6, 6.07) is 4.15. The number of hydrogen-bond acceptors (Lipinski definition) is 6. The van der Waals surface area contributed by atoms with E-state index in [0.29, 0.717) is 5.56 Å². The molecule has 0 aliphatic carbocycles. The molecule has 0 fully saturated rings. The van der Waals surface area contributed by atoms with Crippen molar-refractivity contribution < 1.29 is 10.2 Å². The van der Waals surface area contributed by atoms with Gasteiger partial charge in [-0.2, -0.15) is 0 Å². The topological polar surface area (TPSA) is 125 Å². The highest BCUT2D eigenvalue weighted by molar-refractivity contribution is 5.84. The van der Waals surface area contributed by atoms with Crippen LogP contribution in [0.3, 0.4) is 0 Å². The molecule has 0 bridgehead atoms. The van der Waals surface area contributed by atoms with Crippen LogP contribution in [0.2, 0.25) is 0 Å². The van der Waals surface area contributed by atoms with Crippen molar-refractivity contribution >= 4 is 17.7 Å². The van der Waals surface area contributed by atoms with E-state index < -0.39 is 5.56 Å². The summed E-state index contributed by atoms with van der Waals surface area (Å²) in [6.07, 6.45) is 2.52. The van der Waals surface area contributed by atoms with E-state index in [1.807, 2.05) is 0 Å². The van der Waals surface area contributed by atoms with E-state index in [2.05, 4.69) is 15.0 Å². The standard InChI is InChI=1S/C11H10N4O3/c12-10-9(11(18)15-5-14-10)13-4-6-1-2-7(16)8(17)3-6/h1-5,16-17H,(H3,12,14,15,18). The van der Waals surface area contributed by atoms with Crippen LogP contribution in [0, 0.1) is 0 Å². The van der Waals surface area contributed by atoms with Crippen LogP contribution in [0.5, 0.6) is 11.5 Å². The summed E-state index contributed by atoms with van der Waals surface area (Å²) in [7, 11) is 0. The second-order valence-electron chi connectivity index (χ2n) is 3.47. The van der Waals surface area contributed by atoms with Crippen molar-refractivity contribution in [1.82, 2.24) is 9.97 Å². The van der Waals surface area contributed by atoms with Gasteiger partial charge < -0.3 is 20.9 Å². The van der Waals surface area contributed by atoms with Crippen molar-refractivity contribution in [3.8, 4) is 11.5 Å². The predicted molar refractivity (Wildman–Crippen MR) is 66.3 cm³/mol. The number of nitrogens with one attached hydrogen (secondary N) is 1. The molecule has 18 heavy (non-hydrogen) atoms. The summed E-state index contributed by atoms with van der Waals surface area (Å²) < 4.78 is 0. The van der Waals surface area contributed by atoms with Crippen LogP contribution in [-0.2, 0) is 0 Å². The number of nitrogens with zero attached hydrogens (tertiary/aromatic N) is 2. The maximum absolute atomic E-state index is 11.4. The third kappa shape index (κ3) is 2.29. The number of rotatable bonds is 2. The van der Waals surface area contributed by atoms with Gasteiger partial charge in [-0.3, -0.25) is 4.79 Å². The Morgan fingerprint density at radius 1 is 1.33 bits per heavy atom. The Morgan fingerprint density at radius 2 is 2.11 bits per heavy atom. The van der Waals surface area contributed by atoms with Gasteiger partial charge in [0.2, 0.25) is 0 Å². The third-order valence-corrected chi connectivity index (χ3v) is 2.20. The van der Waals surface area contributed by atoms with E-state index in [1.165, 1.54) is 30.7 Å². The minimum absolute atomic E-state index is 0.00920. The number of aromatic nitrogens is 2. The van der Waals surface area contributed by atoms with Crippen LogP contribution < -0.4 is 11.3 Å². The van der Waals surface area contributed by atoms with Gasteiger partial charge in [0, 0.05) is 6.21 Å². The van der Waals surface area contributed by atoms with E-state index in [-0.39, 0.29) is 23.0 Å². The van der Waals surface area contributed by atoms with Crippen LogP contribution in [0.25, 0.3) is 0 Å². The van der Waals surface area contributed by atoms with Crippen LogP contribution in [0.1, 0.15) is 5.56 Å². The summed E-state index contributed by atoms with van der Waals surface area (Å²) in [5.74, 6) is -0.490. The summed E-state index contributed by atoms with van der Waals surface area (Å²) in [5, 5.41) is 18.4. The Morgan fingerprint density at radius 3 is 2.78 bits per heavy atom. The largest absolute Gasteiger partial charge is 0.504 e. The molecule has 1 heterocycles. The molecule has 1 aromatic heterocycles. The van der Waals surface area contributed by atoms with Crippen LogP contribution in [-0.4, -0.2) is 26.4 Å². The second kappa shape index (κ2) is 4.58. The van der Waals surface area contributed by atoms with E-state index in [9.17, 15) is 9.90 Å². The molecule has 0 saturated heterocycles. The Balaban J connectivity index is 2.36. The monoisotopic (exact) mass is 246 g/mol. The van der Waals surface area contributed by atoms with Crippen LogP contribution in [0.4, 0.5) is 11.5 Å². The first-order chi connectivity index (χ1) is 8.58. The number of phenols is 2. The lowest BCUT2D eigenvalue weighted by molar-refractivity contribution is 0.403. The molecule has 0 radical (unpaired) electrons. The molecule has 1 aromatic carbocycles. The highest BCUT2D eigenvalue weighted by Gasteiger charge is 2.03. The van der Waals surface area contributed by atoms with Gasteiger partial charge in [0.25, 0.3) is 5.56 Å². The number of aromatic hydroxyl groups is 2. The molecule has 0 unspecified atom stereocenters. The highest BCUT2D eigenvalue weighted by Crippen LogP contribution is 2.24. The normalized spacial score (nSPS) is 10.9. The van der Waals surface area contributed by atoms with Gasteiger partial charge in [0.05, 0.1) is 6.33 Å². The first kappa shape index (κ1) is 11.6. The molecule has 0 aliphatic heterocycles. The lowest BCUT2D eigenvalue weighted by Gasteiger charge is -1.99. The Hall–Kier alpha value is -2.83. The SMILES string of the molecule is Nc1nc[nH]c(=O)c1N=Cc1ccc(O)c(O)c1. The average Bonchev–Trinajstić information content (AvgIpc) is 2.33. The Labute approximate surface area is 101 Å². The molecule has 92 valence electrons. The van der Waals surface area contributed by atoms with E-state index >= 15 is 0 Å². The molecule has 0 amide bonds. The molecule has 2 rings (SSSR count). The summed E-state index contributed by atoms with van der Waals surface area (Å²) in [5.41, 5.74) is 5.55. The number of nitrogen functional groups attached to an aromatic ring is 1. The molecule has 0 aliphatic rings. The molecule has 2 aromatic rings. The predicted octanol–water partition coefficient (Wildman–Crippen LogP) is 0.514. The van der Waals surface area contributed by atoms with Gasteiger partial charge in [-0.05, 0) is 23.8 Å². The zero-order valence-corrected chi connectivity index (χ0v) is 9.16. The Bertz CT molecular complexity index is 664. The maximum Gasteiger partial charge on any atom is 0.278 e. The lowest BCUT2D eigenvalue weighted by atomic mass is 10.2. The molecular weight excluding hydrogens is 236 g/mol. The van der Waals surface area contributed by atoms with Gasteiger partial charge in [0.1, 0.15) is 0 Å². The van der Waals surface area contributed by atoms with Gasteiger partial charge in [-0.1, -0.05) is 0 Å². The number of anilines is 1. The van der Waals surface area contributed by atoms with Gasteiger partial charge in [-0.15, -0.1) is 0 Å². The summed E-state index contributed by atoms with van der Waals surface area (Å²) in [6.45, 7) is 0. The van der Waals surface area contributed by atoms with Crippen LogP contribution in [0.15, 0.2) is 34.3 Å². The van der Waals surface area contributed by atoms with Crippen molar-refractivity contribution in [2.24, 2.45) is 4.99 Å². The zero-order valence-electron chi connectivity index (χ0n) is 9.16. The van der Waals surface area contributed by atoms with Crippen molar-refractivity contribution in [3.05, 3.63) is 40.4 Å². The number of hydrogen-bond donors (Lipinski definition) is 4. The molecule has 0 spiro atoms. The third-order valence-electron chi connectivity index (χ3n) is 2.20. The molecule has 7 heteroatoms. The van der Waals surface area contributed by atoms with E-state index in [0.717, 1.165) is 0 Å². The lowest BCUT2D eigenvalue weighted by Crippen LogP contribution is -2.08. The number of benzene rings is 1. The number of H-pyrrole nitrogens is 1. The van der Waals surface area contributed by atoms with Crippen molar-refractivity contribution in [1.29, 1.82) is 0 Å². The Kier molecular flexibility index (Phi) is 2.96. The van der Waals surface area contributed by atoms with Gasteiger partial charge in [0.15, 0.2) is 23.0 Å². The minimum atomic E-state index is -0.457.